The molecule has 3 fully saturated rings. The highest BCUT2D eigenvalue weighted by Crippen LogP contribution is 2.64. The lowest BCUT2D eigenvalue weighted by molar-refractivity contribution is -0.138. The van der Waals surface area contributed by atoms with Crippen LogP contribution in [0.4, 0.5) is 5.69 Å². The number of hydrogen-bond acceptors (Lipinski definition) is 8. The highest BCUT2D eigenvalue weighted by molar-refractivity contribution is 14.1. The molecule has 2 aliphatic carbocycles. The van der Waals surface area contributed by atoms with Gasteiger partial charge >= 0.3 is 0 Å². The van der Waals surface area contributed by atoms with Gasteiger partial charge in [-0.3, -0.25) is 29.9 Å². The van der Waals surface area contributed by atoms with Crippen molar-refractivity contribution in [1.29, 1.82) is 0 Å². The fourth-order valence-corrected chi connectivity index (χ4v) is 9.12. The summed E-state index contributed by atoms with van der Waals surface area (Å²) in [5.74, 6) is -4.62. The van der Waals surface area contributed by atoms with E-state index in [1.165, 1.54) is 20.3 Å². The third-order valence-corrected chi connectivity index (χ3v) is 11.4. The largest absolute Gasteiger partial charge is 0.504 e. The monoisotopic (exact) mass is 787 g/mol. The predicted molar refractivity (Wildman–Crippen MR) is 181 cm³/mol. The number of amides is 4. The topological polar surface area (TPSA) is 134 Å². The van der Waals surface area contributed by atoms with Gasteiger partial charge in [0.25, 0.3) is 11.8 Å². The van der Waals surface area contributed by atoms with E-state index in [9.17, 15) is 19.5 Å². The van der Waals surface area contributed by atoms with Crippen LogP contribution in [0.3, 0.4) is 0 Å². The Morgan fingerprint density at radius 2 is 1.72 bits per heavy atom. The fraction of sp³-hybridized carbons (Fsp3) is 0.294. The molecule has 1 saturated carbocycles. The number of halogens is 3. The van der Waals surface area contributed by atoms with Crippen LogP contribution in [0.2, 0.25) is 10.0 Å². The number of carbonyl (C=O) groups excluding carboxylic acids is 4. The van der Waals surface area contributed by atoms with Crippen LogP contribution in [0.1, 0.15) is 29.9 Å². The minimum Gasteiger partial charge on any atom is -0.504 e. The second-order valence-corrected chi connectivity index (χ2v) is 14.1. The number of carbonyl (C=O) groups is 4. The van der Waals surface area contributed by atoms with Gasteiger partial charge in [-0.25, -0.2) is 0 Å². The van der Waals surface area contributed by atoms with Crippen molar-refractivity contribution >= 4 is 75.1 Å². The average Bonchev–Trinajstić information content (AvgIpc) is 3.47. The maximum atomic E-state index is 15.2. The van der Waals surface area contributed by atoms with Gasteiger partial charge in [0, 0.05) is 10.9 Å². The molecule has 3 N–H and O–H groups in total. The van der Waals surface area contributed by atoms with Crippen molar-refractivity contribution in [3.05, 3.63) is 91.0 Å². The first-order chi connectivity index (χ1) is 22.5. The molecule has 3 aromatic rings. The Kier molecular flexibility index (Phi) is 7.91. The molecule has 6 atom stereocenters. The molecule has 3 aromatic carbocycles. The van der Waals surface area contributed by atoms with Crippen molar-refractivity contribution in [2.45, 2.75) is 24.2 Å². The van der Waals surface area contributed by atoms with Crippen LogP contribution in [0, 0.1) is 27.2 Å². The Labute approximate surface area is 293 Å². The standard InChI is InChI=1S/C34H28Cl2IN3O7/c1-46-18-6-3-16(4-7-18)34-22(32(44)40(33(34)45)39-25-10-5-17(35)13-23(25)36)14-21-19(8-9-20-27(21)31(43)38-30(20)42)28(34)15-11-24(37)29(41)26(12-15)47-2/h3-8,10-13,20-22,27-28,39,41H,9,14H2,1-2H3,(H,38,42,43). The molecule has 4 aliphatic rings. The molecule has 13 heteroatoms. The summed E-state index contributed by atoms with van der Waals surface area (Å²) in [6.07, 6.45) is 2.39. The number of allylic oxidation sites excluding steroid dienone is 2. The van der Waals surface area contributed by atoms with Crippen molar-refractivity contribution in [2.24, 2.45) is 23.7 Å². The molecule has 242 valence electrons. The lowest BCUT2D eigenvalue weighted by Crippen LogP contribution is -2.53. The number of nitrogens with one attached hydrogen (secondary N) is 2. The molecule has 47 heavy (non-hydrogen) atoms. The van der Waals surface area contributed by atoms with E-state index in [2.05, 4.69) is 10.7 Å². The first-order valence-electron chi connectivity index (χ1n) is 14.9. The van der Waals surface area contributed by atoms with Crippen molar-refractivity contribution < 1.29 is 33.8 Å². The highest BCUT2D eigenvalue weighted by Gasteiger charge is 2.70. The summed E-state index contributed by atoms with van der Waals surface area (Å²) in [4.78, 5) is 56.0. The van der Waals surface area contributed by atoms with Gasteiger partial charge in [0.05, 0.1) is 51.7 Å². The van der Waals surface area contributed by atoms with E-state index in [0.29, 0.717) is 37.6 Å². The summed E-state index contributed by atoms with van der Waals surface area (Å²) in [5.41, 5.74) is 3.70. The predicted octanol–water partition coefficient (Wildman–Crippen LogP) is 5.59. The van der Waals surface area contributed by atoms with E-state index in [0.717, 1.165) is 10.6 Å². The zero-order valence-electron chi connectivity index (χ0n) is 25.1. The quantitative estimate of drug-likeness (QED) is 0.167. The van der Waals surface area contributed by atoms with Crippen molar-refractivity contribution in [1.82, 2.24) is 10.3 Å². The number of hydrazine groups is 1. The Bertz CT molecular complexity index is 1900. The number of phenolic OH excluding ortho intramolecular Hbond substituents is 1. The highest BCUT2D eigenvalue weighted by atomic mass is 127. The van der Waals surface area contributed by atoms with E-state index >= 15 is 4.79 Å². The van der Waals surface area contributed by atoms with Gasteiger partial charge in [0.15, 0.2) is 11.5 Å². The Morgan fingerprint density at radius 3 is 2.40 bits per heavy atom. The van der Waals surface area contributed by atoms with Crippen molar-refractivity contribution in [3.63, 3.8) is 0 Å². The van der Waals surface area contributed by atoms with Crippen LogP contribution < -0.4 is 20.2 Å². The molecule has 10 nitrogen and oxygen atoms in total. The zero-order valence-corrected chi connectivity index (χ0v) is 28.7. The van der Waals surface area contributed by atoms with Gasteiger partial charge in [-0.1, -0.05) is 47.0 Å². The van der Waals surface area contributed by atoms with Crippen LogP contribution in [0.25, 0.3) is 0 Å². The van der Waals surface area contributed by atoms with E-state index in [1.54, 1.807) is 48.5 Å². The molecule has 2 aliphatic heterocycles. The smallest absolute Gasteiger partial charge is 0.260 e. The molecule has 0 radical (unpaired) electrons. The van der Waals surface area contributed by atoms with Crippen LogP contribution in [-0.2, 0) is 24.6 Å². The van der Waals surface area contributed by atoms with Crippen LogP contribution in [0.15, 0.2) is 66.2 Å². The first kappa shape index (κ1) is 31.8. The van der Waals surface area contributed by atoms with E-state index in [4.69, 9.17) is 32.7 Å². The number of fused-ring (bicyclic) bond motifs is 4. The number of aromatic hydroxyl groups is 1. The minimum atomic E-state index is -1.52. The SMILES string of the molecule is COc1ccc(C23C(=O)N(Nc4ccc(Cl)cc4Cl)C(=O)C2CC2C(=CCC4C(=O)NC(=O)C42)C3c2cc(I)c(O)c(OC)c2)cc1. The molecule has 4 amide bonds. The molecule has 0 spiro atoms. The van der Waals surface area contributed by atoms with Crippen LogP contribution in [0.5, 0.6) is 17.2 Å². The number of hydrogen-bond donors (Lipinski definition) is 3. The maximum Gasteiger partial charge on any atom is 0.260 e. The normalized spacial score (nSPS) is 27.9. The Morgan fingerprint density at radius 1 is 0.979 bits per heavy atom. The number of benzene rings is 3. The average molecular weight is 788 g/mol. The number of rotatable bonds is 6. The molecule has 7 rings (SSSR count). The lowest BCUT2D eigenvalue weighted by Gasteiger charge is -2.50. The van der Waals surface area contributed by atoms with E-state index < -0.39 is 46.8 Å². The van der Waals surface area contributed by atoms with Crippen LogP contribution >= 0.6 is 45.8 Å². The minimum absolute atomic E-state index is 0.0628. The summed E-state index contributed by atoms with van der Waals surface area (Å²) < 4.78 is 11.4. The molecule has 2 saturated heterocycles. The third kappa shape index (κ3) is 4.72. The third-order valence-electron chi connectivity index (χ3n) is 10.0. The fourth-order valence-electron chi connectivity index (χ4n) is 8.05. The number of ether oxygens (including phenoxy) is 2. The number of imide groups is 2. The molecular formula is C34H28Cl2IN3O7. The number of phenols is 1. The molecule has 2 heterocycles. The van der Waals surface area contributed by atoms with Crippen molar-refractivity contribution in [2.75, 3.05) is 19.6 Å². The van der Waals surface area contributed by atoms with Gasteiger partial charge in [-0.2, -0.15) is 5.01 Å². The van der Waals surface area contributed by atoms with Gasteiger partial charge in [-0.15, -0.1) is 0 Å². The Balaban J connectivity index is 1.50. The molecular weight excluding hydrogens is 760 g/mol. The van der Waals surface area contributed by atoms with Gasteiger partial charge < -0.3 is 14.6 Å². The summed E-state index contributed by atoms with van der Waals surface area (Å²) in [5, 5.41) is 14.9. The zero-order chi connectivity index (χ0) is 33.4. The molecule has 0 bridgehead atoms. The van der Waals surface area contributed by atoms with Gasteiger partial charge in [-0.05, 0) is 94.9 Å². The number of nitrogens with zero attached hydrogens (tertiary/aromatic N) is 1. The summed E-state index contributed by atoms with van der Waals surface area (Å²) in [6, 6.07) is 15.2. The molecule has 6 unspecified atom stereocenters. The van der Waals surface area contributed by atoms with E-state index in [-0.39, 0.29) is 34.8 Å². The van der Waals surface area contributed by atoms with Crippen molar-refractivity contribution in [3.8, 4) is 17.2 Å². The first-order valence-corrected chi connectivity index (χ1v) is 16.7. The number of methoxy groups -OCH3 is 2. The Hall–Kier alpha value is -3.81. The van der Waals surface area contributed by atoms with Gasteiger partial charge in [0.2, 0.25) is 11.8 Å². The second-order valence-electron chi connectivity index (χ2n) is 12.1. The number of anilines is 1. The van der Waals surface area contributed by atoms with Crippen LogP contribution in [-0.4, -0.2) is 48.0 Å². The van der Waals surface area contributed by atoms with Gasteiger partial charge in [0.1, 0.15) is 5.75 Å². The summed E-state index contributed by atoms with van der Waals surface area (Å²) >= 11 is 14.6. The second kappa shape index (κ2) is 11.7. The summed E-state index contributed by atoms with van der Waals surface area (Å²) in [7, 11) is 2.98. The molecule has 0 aromatic heterocycles. The summed E-state index contributed by atoms with van der Waals surface area (Å²) in [6.45, 7) is 0. The lowest BCUT2D eigenvalue weighted by atomic mass is 9.49. The maximum absolute atomic E-state index is 15.2. The van der Waals surface area contributed by atoms with E-state index in [1.807, 2.05) is 28.7 Å².